The summed E-state index contributed by atoms with van der Waals surface area (Å²) in [5.41, 5.74) is 0.217. The highest BCUT2D eigenvalue weighted by molar-refractivity contribution is 6.33. The van der Waals surface area contributed by atoms with Gasteiger partial charge in [0.1, 0.15) is 11.6 Å². The summed E-state index contributed by atoms with van der Waals surface area (Å²) in [5, 5.41) is -0.0549. The second-order valence-corrected chi connectivity index (χ2v) is 7.67. The van der Waals surface area contributed by atoms with E-state index in [4.69, 9.17) is 16.3 Å². The number of aromatic nitrogens is 1. The molecule has 1 aromatic heterocycles. The minimum Gasteiger partial charge on any atom is -0.481 e. The number of halogens is 4. The van der Waals surface area contributed by atoms with Crippen LogP contribution in [0.5, 0.6) is 5.75 Å². The van der Waals surface area contributed by atoms with Crippen molar-refractivity contribution in [3.63, 3.8) is 0 Å². The van der Waals surface area contributed by atoms with E-state index in [2.05, 4.69) is 4.98 Å². The monoisotopic (exact) mass is 441 g/mol. The minimum atomic E-state index is -4.50. The number of hydrogen-bond acceptors (Lipinski definition) is 4. The molecule has 0 aliphatic carbocycles. The molecular formula is C21H23ClF3N3O2. The summed E-state index contributed by atoms with van der Waals surface area (Å²) in [7, 11) is 0. The fourth-order valence-electron chi connectivity index (χ4n) is 3.30. The Balaban J connectivity index is 1.63. The van der Waals surface area contributed by atoms with Gasteiger partial charge in [0.25, 0.3) is 5.91 Å². The number of alkyl halides is 3. The zero-order chi connectivity index (χ0) is 21.9. The van der Waals surface area contributed by atoms with Crippen molar-refractivity contribution in [2.45, 2.75) is 32.5 Å². The molecule has 30 heavy (non-hydrogen) atoms. The van der Waals surface area contributed by atoms with Crippen molar-refractivity contribution < 1.29 is 22.7 Å². The number of carbonyl (C=O) groups is 1. The first-order valence-electron chi connectivity index (χ1n) is 9.65. The van der Waals surface area contributed by atoms with Crippen LogP contribution in [0.15, 0.2) is 36.5 Å². The van der Waals surface area contributed by atoms with E-state index >= 15 is 0 Å². The van der Waals surface area contributed by atoms with Gasteiger partial charge >= 0.3 is 6.18 Å². The lowest BCUT2D eigenvalue weighted by Crippen LogP contribution is -2.42. The molecular weight excluding hydrogens is 419 g/mol. The van der Waals surface area contributed by atoms with Gasteiger partial charge in [-0.05, 0) is 38.5 Å². The Bertz CT molecular complexity index is 890. The Morgan fingerprint density at radius 1 is 1.17 bits per heavy atom. The molecule has 0 bridgehead atoms. The average Bonchev–Trinajstić information content (AvgIpc) is 2.94. The van der Waals surface area contributed by atoms with Crippen molar-refractivity contribution in [3.8, 4) is 5.75 Å². The number of anilines is 1. The van der Waals surface area contributed by atoms with Gasteiger partial charge in [-0.2, -0.15) is 13.2 Å². The Kier molecular flexibility index (Phi) is 6.75. The second-order valence-electron chi connectivity index (χ2n) is 7.27. The van der Waals surface area contributed by atoms with Crippen molar-refractivity contribution in [3.05, 3.63) is 52.7 Å². The Morgan fingerprint density at radius 2 is 1.87 bits per heavy atom. The summed E-state index contributed by atoms with van der Waals surface area (Å²) < 4.78 is 44.2. The van der Waals surface area contributed by atoms with Crippen molar-refractivity contribution in [2.24, 2.45) is 0 Å². The van der Waals surface area contributed by atoms with E-state index in [1.54, 1.807) is 16.7 Å². The molecule has 0 spiro atoms. The molecule has 0 N–H and O–H groups in total. The van der Waals surface area contributed by atoms with Gasteiger partial charge in [0, 0.05) is 32.4 Å². The Labute approximate surface area is 178 Å². The fraction of sp³-hybridized carbons (Fsp3) is 0.429. The molecule has 0 radical (unpaired) electrons. The van der Waals surface area contributed by atoms with E-state index in [9.17, 15) is 18.0 Å². The highest BCUT2D eigenvalue weighted by atomic mass is 35.5. The standard InChI is InChI=1S/C21H23ClF3N3O2/c1-14-4-6-17(7-5-14)30-15(2)20(29)28-9-3-8-27(10-11-28)19-18(22)12-16(13-26-19)21(23,24)25/h4-7,12-13,15H,3,8-11H2,1-2H3. The molecule has 9 heteroatoms. The maximum Gasteiger partial charge on any atom is 0.417 e. The third-order valence-corrected chi connectivity index (χ3v) is 5.22. The minimum absolute atomic E-state index is 0.0549. The first kappa shape index (κ1) is 22.2. The van der Waals surface area contributed by atoms with E-state index < -0.39 is 17.8 Å². The van der Waals surface area contributed by atoms with Crippen LogP contribution in [0.1, 0.15) is 24.5 Å². The van der Waals surface area contributed by atoms with Crippen molar-refractivity contribution in [1.82, 2.24) is 9.88 Å². The van der Waals surface area contributed by atoms with Gasteiger partial charge in [0.2, 0.25) is 0 Å². The number of pyridine rings is 1. The van der Waals surface area contributed by atoms with Gasteiger partial charge in [-0.15, -0.1) is 0 Å². The highest BCUT2D eigenvalue weighted by Gasteiger charge is 2.32. The van der Waals surface area contributed by atoms with Crippen LogP contribution in [0.3, 0.4) is 0 Å². The van der Waals surface area contributed by atoms with E-state index in [1.807, 2.05) is 31.2 Å². The molecule has 1 unspecified atom stereocenters. The van der Waals surface area contributed by atoms with Crippen molar-refractivity contribution >= 4 is 23.3 Å². The summed E-state index contributed by atoms with van der Waals surface area (Å²) in [6.45, 7) is 5.56. The second kappa shape index (κ2) is 9.12. The molecule has 0 saturated carbocycles. The predicted molar refractivity (Wildman–Crippen MR) is 109 cm³/mol. The number of hydrogen-bond donors (Lipinski definition) is 0. The van der Waals surface area contributed by atoms with Crippen LogP contribution in [0.4, 0.5) is 19.0 Å². The van der Waals surface area contributed by atoms with Gasteiger partial charge in [-0.3, -0.25) is 4.79 Å². The molecule has 1 aliphatic heterocycles. The van der Waals surface area contributed by atoms with E-state index in [0.29, 0.717) is 44.2 Å². The van der Waals surface area contributed by atoms with Crippen LogP contribution < -0.4 is 9.64 Å². The SMILES string of the molecule is Cc1ccc(OC(C)C(=O)N2CCCN(c3ncc(C(F)(F)F)cc3Cl)CC2)cc1. The van der Waals surface area contributed by atoms with Gasteiger partial charge in [0.05, 0.1) is 10.6 Å². The summed E-state index contributed by atoms with van der Waals surface area (Å²) in [6, 6.07) is 8.35. The smallest absolute Gasteiger partial charge is 0.417 e. The van der Waals surface area contributed by atoms with E-state index in [1.165, 1.54) is 0 Å². The van der Waals surface area contributed by atoms with E-state index in [-0.39, 0.29) is 10.9 Å². The van der Waals surface area contributed by atoms with Gasteiger partial charge < -0.3 is 14.5 Å². The number of ether oxygens (including phenoxy) is 1. The molecule has 162 valence electrons. The van der Waals surface area contributed by atoms with E-state index in [0.717, 1.165) is 17.8 Å². The Hall–Kier alpha value is -2.48. The molecule has 1 amide bonds. The highest BCUT2D eigenvalue weighted by Crippen LogP contribution is 2.33. The quantitative estimate of drug-likeness (QED) is 0.697. The molecule has 1 fully saturated rings. The van der Waals surface area contributed by atoms with Crippen LogP contribution in [0.2, 0.25) is 5.02 Å². The average molecular weight is 442 g/mol. The zero-order valence-corrected chi connectivity index (χ0v) is 17.5. The molecule has 5 nitrogen and oxygen atoms in total. The largest absolute Gasteiger partial charge is 0.481 e. The third kappa shape index (κ3) is 5.36. The number of nitrogens with zero attached hydrogens (tertiary/aromatic N) is 3. The number of aryl methyl sites for hydroxylation is 1. The zero-order valence-electron chi connectivity index (χ0n) is 16.7. The van der Waals surface area contributed by atoms with Crippen LogP contribution in [0, 0.1) is 6.92 Å². The molecule has 1 atom stereocenters. The van der Waals surface area contributed by atoms with Gasteiger partial charge in [-0.25, -0.2) is 4.98 Å². The fourth-order valence-corrected chi connectivity index (χ4v) is 3.58. The summed E-state index contributed by atoms with van der Waals surface area (Å²) >= 11 is 6.07. The third-order valence-electron chi connectivity index (χ3n) is 4.94. The first-order chi connectivity index (χ1) is 14.1. The lowest BCUT2D eigenvalue weighted by atomic mass is 10.2. The lowest BCUT2D eigenvalue weighted by molar-refractivity contribution is -0.138. The molecule has 1 aliphatic rings. The summed E-state index contributed by atoms with van der Waals surface area (Å²) in [6.07, 6.45) is -3.72. The van der Waals surface area contributed by atoms with Crippen molar-refractivity contribution in [2.75, 3.05) is 31.1 Å². The Morgan fingerprint density at radius 3 is 2.50 bits per heavy atom. The maximum absolute atomic E-state index is 12.8. The van der Waals surface area contributed by atoms with Crippen LogP contribution in [-0.4, -0.2) is 48.1 Å². The summed E-state index contributed by atoms with van der Waals surface area (Å²) in [5.74, 6) is 0.783. The molecule has 1 saturated heterocycles. The number of amides is 1. The number of carbonyl (C=O) groups excluding carboxylic acids is 1. The topological polar surface area (TPSA) is 45.7 Å². The lowest BCUT2D eigenvalue weighted by Gasteiger charge is -2.26. The van der Waals surface area contributed by atoms with Gasteiger partial charge in [0.15, 0.2) is 6.10 Å². The first-order valence-corrected chi connectivity index (χ1v) is 10.0. The summed E-state index contributed by atoms with van der Waals surface area (Å²) in [4.78, 5) is 20.2. The normalized spacial score (nSPS) is 16.2. The van der Waals surface area contributed by atoms with Crippen LogP contribution in [-0.2, 0) is 11.0 Å². The van der Waals surface area contributed by atoms with Crippen LogP contribution >= 0.6 is 11.6 Å². The van der Waals surface area contributed by atoms with Gasteiger partial charge in [-0.1, -0.05) is 29.3 Å². The molecule has 3 rings (SSSR count). The van der Waals surface area contributed by atoms with Crippen molar-refractivity contribution in [1.29, 1.82) is 0 Å². The molecule has 1 aromatic carbocycles. The maximum atomic E-state index is 12.8. The van der Waals surface area contributed by atoms with Crippen LogP contribution in [0.25, 0.3) is 0 Å². The predicted octanol–water partition coefficient (Wildman–Crippen LogP) is 4.57. The molecule has 2 heterocycles. The number of rotatable bonds is 4. The number of benzene rings is 1. The molecule has 2 aromatic rings.